The molecule has 6 nitrogen and oxygen atoms in total. The van der Waals surface area contributed by atoms with E-state index in [0.29, 0.717) is 18.5 Å². The number of halogens is 3. The number of nitriles is 1. The molecule has 0 N–H and O–H groups in total. The molecule has 2 amide bonds. The summed E-state index contributed by atoms with van der Waals surface area (Å²) in [4.78, 5) is 33.7. The lowest BCUT2D eigenvalue weighted by molar-refractivity contribution is -0.138. The number of nitrogens with zero attached hydrogens (tertiary/aromatic N) is 4. The maximum atomic E-state index is 13.7. The molecule has 2 heterocycles. The smallest absolute Gasteiger partial charge is 0.314 e. The van der Waals surface area contributed by atoms with Crippen LogP contribution in [0.3, 0.4) is 0 Å². The van der Waals surface area contributed by atoms with Crippen LogP contribution in [0.1, 0.15) is 41.6 Å². The highest BCUT2D eigenvalue weighted by Gasteiger charge is 2.55. The molecule has 4 rings (SSSR count). The Bertz CT molecular complexity index is 1170. The van der Waals surface area contributed by atoms with Crippen molar-refractivity contribution in [3.8, 4) is 6.07 Å². The maximum Gasteiger partial charge on any atom is 0.417 e. The van der Waals surface area contributed by atoms with E-state index < -0.39 is 41.1 Å². The van der Waals surface area contributed by atoms with E-state index in [1.807, 2.05) is 19.1 Å². The molecule has 2 aliphatic rings. The molecule has 0 bridgehead atoms. The molecular formula is C24H23F3N4O2. The van der Waals surface area contributed by atoms with Crippen LogP contribution < -0.4 is 9.80 Å². The van der Waals surface area contributed by atoms with Crippen LogP contribution in [-0.2, 0) is 15.8 Å². The zero-order valence-corrected chi connectivity index (χ0v) is 18.5. The molecule has 0 spiro atoms. The summed E-state index contributed by atoms with van der Waals surface area (Å²) in [6.45, 7) is 3.26. The molecule has 9 heteroatoms. The molecular weight excluding hydrogens is 433 g/mol. The number of aromatic nitrogens is 1. The van der Waals surface area contributed by atoms with E-state index in [-0.39, 0.29) is 17.4 Å². The van der Waals surface area contributed by atoms with Crippen LogP contribution in [0.25, 0.3) is 0 Å². The third kappa shape index (κ3) is 3.84. The average Bonchev–Trinajstić information content (AvgIpc) is 3.33. The predicted octanol–water partition coefficient (Wildman–Crippen LogP) is 4.38. The Morgan fingerprint density at radius 2 is 1.97 bits per heavy atom. The van der Waals surface area contributed by atoms with Gasteiger partial charge in [-0.3, -0.25) is 14.5 Å². The summed E-state index contributed by atoms with van der Waals surface area (Å²) in [5, 5.41) is 9.62. The zero-order chi connectivity index (χ0) is 24.1. The van der Waals surface area contributed by atoms with Gasteiger partial charge in [0.05, 0.1) is 5.56 Å². The van der Waals surface area contributed by atoms with E-state index in [4.69, 9.17) is 0 Å². The Morgan fingerprint density at radius 1 is 1.24 bits per heavy atom. The molecule has 172 valence electrons. The molecule has 2 fully saturated rings. The SMILES string of the molecule is Cc1cccc(N(C)C(=O)[C@@H]2C3CCCC3C(=O)N2c2nc(C)cc(C(F)(F)F)c2C#N)c1. The first kappa shape index (κ1) is 22.8. The minimum Gasteiger partial charge on any atom is -0.314 e. The number of alkyl halides is 3. The van der Waals surface area contributed by atoms with Crippen molar-refractivity contribution >= 4 is 23.3 Å². The number of fused-ring (bicyclic) bond motifs is 1. The number of benzene rings is 1. The van der Waals surface area contributed by atoms with E-state index in [0.717, 1.165) is 23.0 Å². The molecule has 0 radical (unpaired) electrons. The molecule has 1 aliphatic carbocycles. The molecule has 3 atom stereocenters. The Hall–Kier alpha value is -3.41. The number of hydrogen-bond donors (Lipinski definition) is 0. The van der Waals surface area contributed by atoms with Gasteiger partial charge < -0.3 is 4.90 Å². The Kier molecular flexibility index (Phi) is 5.64. The van der Waals surface area contributed by atoms with Crippen LogP contribution >= 0.6 is 0 Å². The number of hydrogen-bond acceptors (Lipinski definition) is 4. The van der Waals surface area contributed by atoms with E-state index in [9.17, 15) is 28.0 Å². The van der Waals surface area contributed by atoms with Crippen molar-refractivity contribution in [1.82, 2.24) is 4.98 Å². The molecule has 33 heavy (non-hydrogen) atoms. The number of anilines is 2. The van der Waals surface area contributed by atoms with Gasteiger partial charge in [-0.25, -0.2) is 4.98 Å². The van der Waals surface area contributed by atoms with Gasteiger partial charge in [0.25, 0.3) is 0 Å². The van der Waals surface area contributed by atoms with Gasteiger partial charge in [-0.15, -0.1) is 0 Å². The second-order valence-corrected chi connectivity index (χ2v) is 8.71. The zero-order valence-electron chi connectivity index (χ0n) is 18.5. The summed E-state index contributed by atoms with van der Waals surface area (Å²) in [5.74, 6) is -2.07. The fraction of sp³-hybridized carbons (Fsp3) is 0.417. The summed E-state index contributed by atoms with van der Waals surface area (Å²) in [7, 11) is 1.58. The Morgan fingerprint density at radius 3 is 2.61 bits per heavy atom. The lowest BCUT2D eigenvalue weighted by atomic mass is 9.92. The van der Waals surface area contributed by atoms with E-state index in [1.165, 1.54) is 11.8 Å². The number of likely N-dealkylation sites (N-methyl/N-ethyl adjacent to an activating group) is 1. The van der Waals surface area contributed by atoms with Crippen molar-refractivity contribution in [2.75, 3.05) is 16.8 Å². The predicted molar refractivity (Wildman–Crippen MR) is 115 cm³/mol. The van der Waals surface area contributed by atoms with Crippen LogP contribution in [0.4, 0.5) is 24.7 Å². The third-order valence-electron chi connectivity index (χ3n) is 6.55. The van der Waals surface area contributed by atoms with Crippen molar-refractivity contribution in [3.63, 3.8) is 0 Å². The van der Waals surface area contributed by atoms with Gasteiger partial charge in [0.15, 0.2) is 5.82 Å². The lowest BCUT2D eigenvalue weighted by Gasteiger charge is -2.31. The summed E-state index contributed by atoms with van der Waals surface area (Å²) >= 11 is 0. The quantitative estimate of drug-likeness (QED) is 0.687. The highest BCUT2D eigenvalue weighted by molar-refractivity contribution is 6.10. The summed E-state index contributed by atoms with van der Waals surface area (Å²) in [6, 6.07) is 8.61. The van der Waals surface area contributed by atoms with Crippen LogP contribution in [0, 0.1) is 37.0 Å². The van der Waals surface area contributed by atoms with Gasteiger partial charge in [0, 0.05) is 30.3 Å². The van der Waals surface area contributed by atoms with Crippen molar-refractivity contribution in [3.05, 3.63) is 52.7 Å². The van der Waals surface area contributed by atoms with Crippen LogP contribution in [0.2, 0.25) is 0 Å². The number of rotatable bonds is 3. The molecule has 1 saturated carbocycles. The van der Waals surface area contributed by atoms with Crippen LogP contribution in [0.15, 0.2) is 30.3 Å². The highest BCUT2D eigenvalue weighted by Crippen LogP contribution is 2.47. The van der Waals surface area contributed by atoms with E-state index in [1.54, 1.807) is 25.2 Å². The fourth-order valence-electron chi connectivity index (χ4n) is 5.04. The minimum atomic E-state index is -4.80. The van der Waals surface area contributed by atoms with Crippen molar-refractivity contribution < 1.29 is 22.8 Å². The van der Waals surface area contributed by atoms with Crippen LogP contribution in [-0.4, -0.2) is 29.9 Å². The Labute approximate surface area is 189 Å². The van der Waals surface area contributed by atoms with Crippen LogP contribution in [0.5, 0.6) is 0 Å². The standard InChI is InChI=1S/C24H23F3N4O2/c1-13-6-4-7-15(10-13)30(3)23(33)20-16-8-5-9-17(16)22(32)31(20)21-18(12-28)19(24(25,26)27)11-14(2)29-21/h4,6-7,10-11,16-17,20H,5,8-9H2,1-3H3/t16?,17?,20-/m0/s1. The minimum absolute atomic E-state index is 0.0134. The average molecular weight is 456 g/mol. The number of carbonyl (C=O) groups is 2. The topological polar surface area (TPSA) is 77.3 Å². The monoisotopic (exact) mass is 456 g/mol. The molecule has 2 unspecified atom stereocenters. The fourth-order valence-corrected chi connectivity index (χ4v) is 5.04. The summed E-state index contributed by atoms with van der Waals surface area (Å²) < 4.78 is 41.1. The normalized spacial score (nSPS) is 22.3. The number of pyridine rings is 1. The van der Waals surface area contributed by atoms with Gasteiger partial charge in [-0.2, -0.15) is 18.4 Å². The number of amides is 2. The van der Waals surface area contributed by atoms with E-state index >= 15 is 0 Å². The van der Waals surface area contributed by atoms with Gasteiger partial charge in [-0.05, 0) is 50.5 Å². The van der Waals surface area contributed by atoms with Gasteiger partial charge in [0.2, 0.25) is 11.8 Å². The first-order valence-corrected chi connectivity index (χ1v) is 10.7. The maximum absolute atomic E-state index is 13.7. The molecule has 1 aromatic heterocycles. The van der Waals surface area contributed by atoms with Gasteiger partial charge >= 0.3 is 6.18 Å². The molecule has 1 saturated heterocycles. The summed E-state index contributed by atoms with van der Waals surface area (Å²) in [5.41, 5.74) is -0.331. The van der Waals surface area contributed by atoms with E-state index in [2.05, 4.69) is 4.98 Å². The first-order valence-electron chi connectivity index (χ1n) is 10.7. The van der Waals surface area contributed by atoms with Gasteiger partial charge in [-0.1, -0.05) is 18.6 Å². The molecule has 1 aliphatic heterocycles. The second kappa shape index (κ2) is 8.18. The first-order chi connectivity index (χ1) is 15.5. The number of aryl methyl sites for hydroxylation is 2. The largest absolute Gasteiger partial charge is 0.417 e. The summed E-state index contributed by atoms with van der Waals surface area (Å²) in [6.07, 6.45) is -2.89. The van der Waals surface area contributed by atoms with Gasteiger partial charge in [0.1, 0.15) is 17.7 Å². The highest BCUT2D eigenvalue weighted by atomic mass is 19.4. The lowest BCUT2D eigenvalue weighted by Crippen LogP contribution is -2.49. The third-order valence-corrected chi connectivity index (χ3v) is 6.55. The van der Waals surface area contributed by atoms with Crippen molar-refractivity contribution in [2.45, 2.75) is 45.3 Å². The Balaban J connectivity index is 1.85. The number of carbonyl (C=O) groups excluding carboxylic acids is 2. The van der Waals surface area contributed by atoms with Crippen molar-refractivity contribution in [2.24, 2.45) is 11.8 Å². The molecule has 2 aromatic rings. The molecule has 1 aromatic carbocycles. The van der Waals surface area contributed by atoms with Crippen molar-refractivity contribution in [1.29, 1.82) is 5.26 Å². The second-order valence-electron chi connectivity index (χ2n) is 8.71.